The smallest absolute Gasteiger partial charge is 0.0949 e. The zero-order chi connectivity index (χ0) is 7.49. The van der Waals surface area contributed by atoms with Crippen LogP contribution in [0.25, 0.3) is 0 Å². The van der Waals surface area contributed by atoms with Crippen LogP contribution in [0.3, 0.4) is 0 Å². The average Bonchev–Trinajstić information content (AvgIpc) is 1.64. The predicted molar refractivity (Wildman–Crippen MR) is 46.0 cm³/mol. The zero-order valence-corrected chi connectivity index (χ0v) is 7.91. The molecule has 0 bridgehead atoms. The Bertz CT molecular complexity index is 102. The lowest BCUT2D eigenvalue weighted by molar-refractivity contribution is 0.994. The Balaban J connectivity index is 3.74. The molecule has 0 atom stereocenters. The predicted octanol–water partition coefficient (Wildman–Crippen LogP) is 2.68. The molecule has 0 aromatic rings. The summed E-state index contributed by atoms with van der Waals surface area (Å²) in [5.74, 6) is 0. The molecule has 0 fully saturated rings. The third-order valence-electron chi connectivity index (χ3n) is 1.41. The van der Waals surface area contributed by atoms with E-state index in [1.807, 2.05) is 0 Å². The van der Waals surface area contributed by atoms with Crippen LogP contribution < -0.4 is 0 Å². The summed E-state index contributed by atoms with van der Waals surface area (Å²) in [5.41, 5.74) is 0. The number of hydrogen-bond acceptors (Lipinski definition) is 1. The first-order chi connectivity index (χ1) is 3.98. The summed E-state index contributed by atoms with van der Waals surface area (Å²) in [7, 11) is -1.20. The van der Waals surface area contributed by atoms with E-state index >= 15 is 0 Å². The van der Waals surface area contributed by atoms with Gasteiger partial charge in [-0.15, -0.1) is 0 Å². The minimum absolute atomic E-state index is 1.00. The van der Waals surface area contributed by atoms with Crippen molar-refractivity contribution < 1.29 is 0 Å². The first-order valence-electron chi connectivity index (χ1n) is 3.56. The molecule has 0 radical (unpaired) electrons. The highest BCUT2D eigenvalue weighted by molar-refractivity contribution is 7.03. The van der Waals surface area contributed by atoms with E-state index in [1.54, 1.807) is 0 Å². The summed E-state index contributed by atoms with van der Waals surface area (Å²) in [6.45, 7) is 8.82. The summed E-state index contributed by atoms with van der Waals surface area (Å²) in [5, 5.41) is 8.61. The SMILES string of the molecule is CCCC(=N)[Si](C)(C)C. The molecule has 0 heterocycles. The highest BCUT2D eigenvalue weighted by Crippen LogP contribution is 2.06. The van der Waals surface area contributed by atoms with Crippen LogP contribution in [0.15, 0.2) is 0 Å². The van der Waals surface area contributed by atoms with Gasteiger partial charge in [0.05, 0.1) is 8.07 Å². The molecule has 0 aromatic heterocycles. The lowest BCUT2D eigenvalue weighted by Crippen LogP contribution is -2.32. The second kappa shape index (κ2) is 3.16. The third-order valence-corrected chi connectivity index (χ3v) is 3.47. The Hall–Kier alpha value is -0.113. The number of hydrogen-bond donors (Lipinski definition) is 1. The Labute approximate surface area is 59.0 Å². The van der Waals surface area contributed by atoms with Crippen molar-refractivity contribution in [3.63, 3.8) is 0 Å². The number of rotatable bonds is 3. The van der Waals surface area contributed by atoms with Gasteiger partial charge in [-0.1, -0.05) is 33.0 Å². The second-order valence-corrected chi connectivity index (χ2v) is 8.58. The maximum Gasteiger partial charge on any atom is 0.0949 e. The molecule has 0 saturated carbocycles. The van der Waals surface area contributed by atoms with Crippen molar-refractivity contribution in [2.75, 3.05) is 0 Å². The van der Waals surface area contributed by atoms with E-state index < -0.39 is 8.07 Å². The van der Waals surface area contributed by atoms with E-state index in [-0.39, 0.29) is 0 Å². The Kier molecular flexibility index (Phi) is 3.12. The first-order valence-corrected chi connectivity index (χ1v) is 7.06. The van der Waals surface area contributed by atoms with Crippen molar-refractivity contribution in [2.24, 2.45) is 0 Å². The van der Waals surface area contributed by atoms with E-state index in [0.717, 1.165) is 18.2 Å². The van der Waals surface area contributed by atoms with E-state index in [0.29, 0.717) is 0 Å². The Morgan fingerprint density at radius 3 is 1.89 bits per heavy atom. The molecule has 1 nitrogen and oxygen atoms in total. The summed E-state index contributed by atoms with van der Waals surface area (Å²) < 4.78 is 0. The molecule has 0 aliphatic heterocycles. The van der Waals surface area contributed by atoms with Gasteiger partial charge in [0.1, 0.15) is 0 Å². The van der Waals surface area contributed by atoms with Crippen LogP contribution in [0.2, 0.25) is 19.6 Å². The maximum absolute atomic E-state index is 7.60. The van der Waals surface area contributed by atoms with Crippen LogP contribution in [0.4, 0.5) is 0 Å². The molecule has 9 heavy (non-hydrogen) atoms. The van der Waals surface area contributed by atoms with Crippen LogP contribution in [-0.2, 0) is 0 Å². The molecule has 0 spiro atoms. The summed E-state index contributed by atoms with van der Waals surface area (Å²) in [6, 6.07) is 0. The van der Waals surface area contributed by atoms with Crippen LogP contribution in [0.5, 0.6) is 0 Å². The molecular formula is C7H17NSi. The van der Waals surface area contributed by atoms with Gasteiger partial charge in [0.2, 0.25) is 0 Å². The molecule has 0 aliphatic rings. The zero-order valence-electron chi connectivity index (χ0n) is 6.91. The van der Waals surface area contributed by atoms with E-state index in [2.05, 4.69) is 26.6 Å². The van der Waals surface area contributed by atoms with Crippen molar-refractivity contribution >= 4 is 13.4 Å². The highest BCUT2D eigenvalue weighted by atomic mass is 28.3. The highest BCUT2D eigenvalue weighted by Gasteiger charge is 2.17. The van der Waals surface area contributed by atoms with Gasteiger partial charge < -0.3 is 5.41 Å². The average molecular weight is 143 g/mol. The van der Waals surface area contributed by atoms with Gasteiger partial charge in [0.25, 0.3) is 0 Å². The molecule has 0 saturated heterocycles. The summed E-state index contributed by atoms with van der Waals surface area (Å²) >= 11 is 0. The van der Waals surface area contributed by atoms with E-state index in [9.17, 15) is 0 Å². The van der Waals surface area contributed by atoms with E-state index in [1.165, 1.54) is 0 Å². The van der Waals surface area contributed by atoms with Crippen molar-refractivity contribution in [1.82, 2.24) is 0 Å². The monoisotopic (exact) mass is 143 g/mol. The van der Waals surface area contributed by atoms with Gasteiger partial charge >= 0.3 is 0 Å². The van der Waals surface area contributed by atoms with Crippen LogP contribution >= 0.6 is 0 Å². The van der Waals surface area contributed by atoms with Crippen molar-refractivity contribution in [2.45, 2.75) is 39.4 Å². The van der Waals surface area contributed by atoms with Crippen molar-refractivity contribution in [1.29, 1.82) is 5.41 Å². The normalized spacial score (nSPS) is 11.6. The molecular weight excluding hydrogens is 126 g/mol. The Morgan fingerprint density at radius 1 is 1.33 bits per heavy atom. The summed E-state index contributed by atoms with van der Waals surface area (Å²) in [6.07, 6.45) is 2.14. The minimum atomic E-state index is -1.20. The lowest BCUT2D eigenvalue weighted by Gasteiger charge is -2.16. The van der Waals surface area contributed by atoms with Gasteiger partial charge in [-0.2, -0.15) is 0 Å². The van der Waals surface area contributed by atoms with Gasteiger partial charge in [-0.3, -0.25) is 0 Å². The van der Waals surface area contributed by atoms with Crippen molar-refractivity contribution in [3.8, 4) is 0 Å². The standard InChI is InChI=1S/C7H17NSi/c1-5-6-7(8)9(2,3)4/h8H,5-6H2,1-4H3. The van der Waals surface area contributed by atoms with Crippen LogP contribution in [-0.4, -0.2) is 13.4 Å². The second-order valence-electron chi connectivity index (χ2n) is 3.48. The fourth-order valence-corrected chi connectivity index (χ4v) is 1.62. The quantitative estimate of drug-likeness (QED) is 0.464. The number of nitrogens with one attached hydrogen (secondary N) is 1. The first kappa shape index (κ1) is 8.89. The molecule has 0 amide bonds. The van der Waals surface area contributed by atoms with Gasteiger partial charge in [-0.25, -0.2) is 0 Å². The summed E-state index contributed by atoms with van der Waals surface area (Å²) in [4.78, 5) is 0. The minimum Gasteiger partial charge on any atom is -0.314 e. The largest absolute Gasteiger partial charge is 0.314 e. The molecule has 2 heteroatoms. The molecule has 0 aliphatic carbocycles. The molecule has 1 N–H and O–H groups in total. The lowest BCUT2D eigenvalue weighted by atomic mass is 10.4. The fourth-order valence-electron chi connectivity index (χ4n) is 0.625. The maximum atomic E-state index is 7.60. The molecule has 0 unspecified atom stereocenters. The molecule has 0 rings (SSSR count). The van der Waals surface area contributed by atoms with Crippen LogP contribution in [0.1, 0.15) is 19.8 Å². The van der Waals surface area contributed by atoms with Gasteiger partial charge in [0.15, 0.2) is 0 Å². The van der Waals surface area contributed by atoms with E-state index in [4.69, 9.17) is 5.41 Å². The van der Waals surface area contributed by atoms with Gasteiger partial charge in [-0.05, 0) is 11.8 Å². The third kappa shape index (κ3) is 3.46. The van der Waals surface area contributed by atoms with Gasteiger partial charge in [0, 0.05) is 0 Å². The topological polar surface area (TPSA) is 23.9 Å². The molecule has 0 aromatic carbocycles. The molecule has 54 valence electrons. The Morgan fingerprint density at radius 2 is 1.78 bits per heavy atom. The van der Waals surface area contributed by atoms with Crippen LogP contribution in [0, 0.1) is 5.41 Å². The fraction of sp³-hybridized carbons (Fsp3) is 0.857. The van der Waals surface area contributed by atoms with Crippen molar-refractivity contribution in [3.05, 3.63) is 0 Å².